The summed E-state index contributed by atoms with van der Waals surface area (Å²) in [4.78, 5) is 2.96. The van der Waals surface area contributed by atoms with E-state index in [1.807, 2.05) is 0 Å². The second-order valence-corrected chi connectivity index (χ2v) is 7.72. The molecule has 0 spiro atoms. The molecule has 0 unspecified atom stereocenters. The van der Waals surface area contributed by atoms with Crippen LogP contribution < -0.4 is 0 Å². The lowest BCUT2D eigenvalue weighted by Crippen LogP contribution is -2.45. The largest absolute Gasteiger partial charge is 0.297 e. The fraction of sp³-hybridized carbons (Fsp3) is 1.00. The van der Waals surface area contributed by atoms with Crippen LogP contribution in [-0.2, 0) is 0 Å². The van der Waals surface area contributed by atoms with Crippen molar-refractivity contribution >= 4 is 15.9 Å². The summed E-state index contributed by atoms with van der Waals surface area (Å²) in [6.07, 6.45) is 20.5. The Morgan fingerprint density at radius 1 is 0.650 bits per heavy atom. The van der Waals surface area contributed by atoms with Crippen LogP contribution in [0.1, 0.15) is 89.9 Å². The summed E-state index contributed by atoms with van der Waals surface area (Å²) in [6.45, 7) is 1.39. The van der Waals surface area contributed by atoms with Crippen LogP contribution in [0.3, 0.4) is 0 Å². The molecule has 0 N–H and O–H groups in total. The fourth-order valence-corrected chi connectivity index (χ4v) is 4.63. The average Bonchev–Trinajstić information content (AvgIpc) is 2.53. The van der Waals surface area contributed by atoms with E-state index in [2.05, 4.69) is 20.8 Å². The first kappa shape index (κ1) is 16.8. The third-order valence-corrected chi connectivity index (χ3v) is 5.95. The van der Waals surface area contributed by atoms with Crippen LogP contribution in [0, 0.1) is 0 Å². The molecule has 2 saturated carbocycles. The standard InChI is InChI=1S/C18H34BrN/c19-15-9-1-2-10-16-20(17-11-5-3-6-12-17)18-13-7-4-8-14-18/h17-18H,1-16H2. The summed E-state index contributed by atoms with van der Waals surface area (Å²) in [5.41, 5.74) is 0. The highest BCUT2D eigenvalue weighted by Gasteiger charge is 2.28. The summed E-state index contributed by atoms with van der Waals surface area (Å²) in [5.74, 6) is 0. The zero-order valence-corrected chi connectivity index (χ0v) is 14.9. The molecular formula is C18H34BrN. The molecule has 0 saturated heterocycles. The lowest BCUT2D eigenvalue weighted by Gasteiger charge is -2.41. The fourth-order valence-electron chi connectivity index (χ4n) is 4.23. The van der Waals surface area contributed by atoms with Crippen LogP contribution in [-0.4, -0.2) is 28.9 Å². The molecule has 20 heavy (non-hydrogen) atoms. The van der Waals surface area contributed by atoms with Crippen molar-refractivity contribution in [3.63, 3.8) is 0 Å². The Kier molecular flexibility index (Phi) is 8.58. The Morgan fingerprint density at radius 2 is 1.15 bits per heavy atom. The van der Waals surface area contributed by atoms with E-state index in [1.165, 1.54) is 102 Å². The summed E-state index contributed by atoms with van der Waals surface area (Å²) >= 11 is 3.55. The van der Waals surface area contributed by atoms with E-state index in [0.717, 1.165) is 12.1 Å². The van der Waals surface area contributed by atoms with Crippen LogP contribution in [0.4, 0.5) is 0 Å². The maximum absolute atomic E-state index is 3.55. The monoisotopic (exact) mass is 343 g/mol. The van der Waals surface area contributed by atoms with Gasteiger partial charge in [0.15, 0.2) is 0 Å². The maximum Gasteiger partial charge on any atom is 0.00981 e. The van der Waals surface area contributed by atoms with Gasteiger partial charge in [-0.15, -0.1) is 0 Å². The normalized spacial score (nSPS) is 22.5. The molecule has 0 heterocycles. The second kappa shape index (κ2) is 10.2. The number of halogens is 1. The predicted octanol–water partition coefficient (Wildman–Crippen LogP) is 5.91. The SMILES string of the molecule is BrCCCCCCN(C1CCCCC1)C1CCCCC1. The molecule has 2 aliphatic carbocycles. The predicted molar refractivity (Wildman–Crippen MR) is 92.7 cm³/mol. The highest BCUT2D eigenvalue weighted by molar-refractivity contribution is 9.09. The first-order valence-electron chi connectivity index (χ1n) is 9.23. The lowest BCUT2D eigenvalue weighted by molar-refractivity contribution is 0.0788. The van der Waals surface area contributed by atoms with Crippen molar-refractivity contribution in [1.82, 2.24) is 4.90 Å². The molecule has 1 nitrogen and oxygen atoms in total. The second-order valence-electron chi connectivity index (χ2n) is 6.92. The van der Waals surface area contributed by atoms with E-state index in [0.29, 0.717) is 0 Å². The molecule has 2 fully saturated rings. The molecular weight excluding hydrogens is 310 g/mol. The molecule has 0 amide bonds. The molecule has 0 aromatic heterocycles. The first-order chi connectivity index (χ1) is 9.92. The van der Waals surface area contributed by atoms with Gasteiger partial charge in [0.1, 0.15) is 0 Å². The molecule has 118 valence electrons. The smallest absolute Gasteiger partial charge is 0.00981 e. The van der Waals surface area contributed by atoms with Crippen molar-refractivity contribution in [2.45, 2.75) is 102 Å². The van der Waals surface area contributed by atoms with Crippen LogP contribution in [0.2, 0.25) is 0 Å². The van der Waals surface area contributed by atoms with Gasteiger partial charge in [0, 0.05) is 17.4 Å². The number of rotatable bonds is 8. The topological polar surface area (TPSA) is 3.24 Å². The third-order valence-electron chi connectivity index (χ3n) is 5.39. The minimum Gasteiger partial charge on any atom is -0.297 e. The van der Waals surface area contributed by atoms with Gasteiger partial charge in [-0.25, -0.2) is 0 Å². The van der Waals surface area contributed by atoms with Gasteiger partial charge >= 0.3 is 0 Å². The number of hydrogen-bond acceptors (Lipinski definition) is 1. The third kappa shape index (κ3) is 5.67. The van der Waals surface area contributed by atoms with Gasteiger partial charge in [0.25, 0.3) is 0 Å². The Labute approximate surface area is 135 Å². The highest BCUT2D eigenvalue weighted by atomic mass is 79.9. The molecule has 0 aliphatic heterocycles. The molecule has 0 bridgehead atoms. The molecule has 0 radical (unpaired) electrons. The van der Waals surface area contributed by atoms with Gasteiger partial charge in [0.2, 0.25) is 0 Å². The van der Waals surface area contributed by atoms with E-state index in [-0.39, 0.29) is 0 Å². The van der Waals surface area contributed by atoms with Crippen LogP contribution >= 0.6 is 15.9 Å². The van der Waals surface area contributed by atoms with E-state index in [9.17, 15) is 0 Å². The summed E-state index contributed by atoms with van der Waals surface area (Å²) in [5, 5.41) is 1.18. The van der Waals surface area contributed by atoms with Crippen molar-refractivity contribution < 1.29 is 0 Å². The van der Waals surface area contributed by atoms with Gasteiger partial charge in [-0.1, -0.05) is 67.3 Å². The van der Waals surface area contributed by atoms with Crippen molar-refractivity contribution in [2.24, 2.45) is 0 Å². The highest BCUT2D eigenvalue weighted by Crippen LogP contribution is 2.30. The Morgan fingerprint density at radius 3 is 1.65 bits per heavy atom. The van der Waals surface area contributed by atoms with E-state index >= 15 is 0 Å². The number of hydrogen-bond donors (Lipinski definition) is 0. The van der Waals surface area contributed by atoms with Crippen molar-refractivity contribution in [1.29, 1.82) is 0 Å². The zero-order chi connectivity index (χ0) is 14.0. The Bertz CT molecular complexity index is 214. The van der Waals surface area contributed by atoms with Gasteiger partial charge in [-0.3, -0.25) is 4.90 Å². The summed E-state index contributed by atoms with van der Waals surface area (Å²) < 4.78 is 0. The van der Waals surface area contributed by atoms with Gasteiger partial charge in [-0.05, 0) is 45.1 Å². The molecule has 0 aromatic rings. The summed E-state index contributed by atoms with van der Waals surface area (Å²) in [7, 11) is 0. The van der Waals surface area contributed by atoms with Crippen molar-refractivity contribution in [2.75, 3.05) is 11.9 Å². The van der Waals surface area contributed by atoms with Gasteiger partial charge in [-0.2, -0.15) is 0 Å². The zero-order valence-electron chi connectivity index (χ0n) is 13.3. The molecule has 2 heteroatoms. The molecule has 2 rings (SSSR count). The maximum atomic E-state index is 3.55. The van der Waals surface area contributed by atoms with Crippen LogP contribution in [0.25, 0.3) is 0 Å². The number of alkyl halides is 1. The Hall–Kier alpha value is 0.440. The molecule has 0 aromatic carbocycles. The van der Waals surface area contributed by atoms with Crippen molar-refractivity contribution in [3.05, 3.63) is 0 Å². The summed E-state index contributed by atoms with van der Waals surface area (Å²) in [6, 6.07) is 1.87. The number of unbranched alkanes of at least 4 members (excludes halogenated alkanes) is 3. The Balaban J connectivity index is 1.78. The number of nitrogens with zero attached hydrogens (tertiary/aromatic N) is 1. The van der Waals surface area contributed by atoms with Gasteiger partial charge < -0.3 is 0 Å². The minimum absolute atomic E-state index is 0.933. The quantitative estimate of drug-likeness (QED) is 0.391. The van der Waals surface area contributed by atoms with E-state index in [4.69, 9.17) is 0 Å². The average molecular weight is 344 g/mol. The molecule has 0 atom stereocenters. The molecule has 2 aliphatic rings. The van der Waals surface area contributed by atoms with Crippen LogP contribution in [0.15, 0.2) is 0 Å². The van der Waals surface area contributed by atoms with Crippen LogP contribution in [0.5, 0.6) is 0 Å². The van der Waals surface area contributed by atoms with Gasteiger partial charge in [0.05, 0.1) is 0 Å². The van der Waals surface area contributed by atoms with E-state index in [1.54, 1.807) is 0 Å². The van der Waals surface area contributed by atoms with E-state index < -0.39 is 0 Å². The first-order valence-corrected chi connectivity index (χ1v) is 10.4. The lowest BCUT2D eigenvalue weighted by atomic mass is 9.88. The van der Waals surface area contributed by atoms with Crippen molar-refractivity contribution in [3.8, 4) is 0 Å². The minimum atomic E-state index is 0.933.